The first-order valence-electron chi connectivity index (χ1n) is 13.2. The Balaban J connectivity index is 1.73. The van der Waals surface area contributed by atoms with Crippen LogP contribution in [-0.2, 0) is 14.3 Å². The number of ether oxygens (including phenoxy) is 2. The van der Waals surface area contributed by atoms with Crippen LogP contribution in [0.2, 0.25) is 0 Å². The molecular formula is C30H34N6O5. The van der Waals surface area contributed by atoms with Gasteiger partial charge in [-0.25, -0.2) is 14.6 Å². The standard InChI is InChI=1S/C30H34N6O5/c1-16-21(13-32-15-24(16)35-28(39)41-30(5,6)7)17-8-18-11-25(36-26(37)20-9-19(20)12-31)33-14-22(18)23(10-17)34-27(38)40-29(2,3)4/h8,10-11,13-15,19-20H,9H2,1-7H3,(H,34,38)(H,35,39)(H,33,36,37)/t19-,20+/m0/s1. The van der Waals surface area contributed by atoms with E-state index >= 15 is 0 Å². The smallest absolute Gasteiger partial charge is 0.412 e. The monoisotopic (exact) mass is 558 g/mol. The molecule has 3 N–H and O–H groups in total. The molecule has 0 unspecified atom stereocenters. The summed E-state index contributed by atoms with van der Waals surface area (Å²) in [6, 6.07) is 7.46. The number of nitrogens with one attached hydrogen (secondary N) is 3. The van der Waals surface area contributed by atoms with Crippen LogP contribution in [0, 0.1) is 30.1 Å². The summed E-state index contributed by atoms with van der Waals surface area (Å²) in [5.74, 6) is -0.555. The molecule has 11 nitrogen and oxygen atoms in total. The van der Waals surface area contributed by atoms with Gasteiger partial charge in [-0.3, -0.25) is 20.4 Å². The van der Waals surface area contributed by atoms with E-state index < -0.39 is 23.4 Å². The quantitative estimate of drug-likeness (QED) is 0.325. The second-order valence-electron chi connectivity index (χ2n) is 12.0. The van der Waals surface area contributed by atoms with Gasteiger partial charge in [-0.15, -0.1) is 0 Å². The van der Waals surface area contributed by atoms with E-state index in [1.165, 1.54) is 6.20 Å². The summed E-state index contributed by atoms with van der Waals surface area (Å²) in [6.07, 6.45) is 4.04. The number of aromatic nitrogens is 2. The van der Waals surface area contributed by atoms with Crippen molar-refractivity contribution in [3.63, 3.8) is 0 Å². The summed E-state index contributed by atoms with van der Waals surface area (Å²) < 4.78 is 10.8. The van der Waals surface area contributed by atoms with Gasteiger partial charge in [0.2, 0.25) is 5.91 Å². The van der Waals surface area contributed by atoms with Crippen LogP contribution < -0.4 is 16.0 Å². The van der Waals surface area contributed by atoms with Gasteiger partial charge >= 0.3 is 12.2 Å². The average molecular weight is 559 g/mol. The van der Waals surface area contributed by atoms with Crippen LogP contribution in [0.15, 0.2) is 36.8 Å². The van der Waals surface area contributed by atoms with Gasteiger partial charge in [0.05, 0.1) is 35.5 Å². The van der Waals surface area contributed by atoms with E-state index in [0.29, 0.717) is 45.5 Å². The molecule has 2 heterocycles. The number of hydrogen-bond acceptors (Lipinski definition) is 8. The Kier molecular flexibility index (Phi) is 7.88. The Morgan fingerprint density at radius 1 is 0.902 bits per heavy atom. The number of pyridine rings is 2. The number of nitriles is 1. The lowest BCUT2D eigenvalue weighted by Crippen LogP contribution is -2.27. The van der Waals surface area contributed by atoms with Crippen LogP contribution in [-0.4, -0.2) is 39.3 Å². The highest BCUT2D eigenvalue weighted by molar-refractivity contribution is 6.04. The first kappa shape index (κ1) is 29.3. The Hall–Kier alpha value is -4.72. The molecule has 0 aliphatic heterocycles. The average Bonchev–Trinajstić information content (AvgIpc) is 3.63. The molecule has 4 rings (SSSR count). The van der Waals surface area contributed by atoms with Crippen LogP contribution in [0.1, 0.15) is 53.5 Å². The van der Waals surface area contributed by atoms with Gasteiger partial charge in [-0.05, 0) is 89.6 Å². The molecule has 0 saturated heterocycles. The molecule has 3 aromatic rings. The Bertz CT molecular complexity index is 1560. The van der Waals surface area contributed by atoms with Crippen molar-refractivity contribution >= 4 is 46.1 Å². The van der Waals surface area contributed by atoms with Crippen molar-refractivity contribution in [1.82, 2.24) is 9.97 Å². The molecular weight excluding hydrogens is 524 g/mol. The number of benzene rings is 1. The molecule has 1 saturated carbocycles. The van der Waals surface area contributed by atoms with Crippen LogP contribution in [0.4, 0.5) is 26.8 Å². The lowest BCUT2D eigenvalue weighted by Gasteiger charge is -2.21. The third kappa shape index (κ3) is 7.48. The van der Waals surface area contributed by atoms with Gasteiger partial charge in [0, 0.05) is 23.3 Å². The molecule has 2 aromatic heterocycles. The minimum Gasteiger partial charge on any atom is -0.444 e. The molecule has 41 heavy (non-hydrogen) atoms. The number of carbonyl (C=O) groups is 3. The fourth-order valence-corrected chi connectivity index (χ4v) is 4.20. The maximum absolute atomic E-state index is 12.7. The summed E-state index contributed by atoms with van der Waals surface area (Å²) in [6.45, 7) is 12.5. The zero-order valence-electron chi connectivity index (χ0n) is 24.2. The highest BCUT2D eigenvalue weighted by Crippen LogP contribution is 2.39. The van der Waals surface area contributed by atoms with Gasteiger partial charge in [0.1, 0.15) is 17.0 Å². The maximum atomic E-state index is 12.7. The maximum Gasteiger partial charge on any atom is 0.412 e. The predicted molar refractivity (Wildman–Crippen MR) is 155 cm³/mol. The van der Waals surface area contributed by atoms with E-state index in [9.17, 15) is 14.4 Å². The van der Waals surface area contributed by atoms with Gasteiger partial charge < -0.3 is 14.8 Å². The van der Waals surface area contributed by atoms with Gasteiger partial charge in [-0.2, -0.15) is 5.26 Å². The molecule has 1 aromatic carbocycles. The van der Waals surface area contributed by atoms with Crippen molar-refractivity contribution in [2.75, 3.05) is 16.0 Å². The van der Waals surface area contributed by atoms with Crippen molar-refractivity contribution in [1.29, 1.82) is 5.26 Å². The van der Waals surface area contributed by atoms with Crippen LogP contribution in [0.3, 0.4) is 0 Å². The highest BCUT2D eigenvalue weighted by Gasteiger charge is 2.43. The number of anilines is 3. The first-order valence-corrected chi connectivity index (χ1v) is 13.2. The Morgan fingerprint density at radius 3 is 2.12 bits per heavy atom. The molecule has 1 aliphatic rings. The van der Waals surface area contributed by atoms with Crippen molar-refractivity contribution in [3.8, 4) is 17.2 Å². The van der Waals surface area contributed by atoms with Gasteiger partial charge in [0.15, 0.2) is 0 Å². The number of rotatable bonds is 5. The molecule has 11 heteroatoms. The van der Waals surface area contributed by atoms with E-state index in [2.05, 4.69) is 32.0 Å². The lowest BCUT2D eigenvalue weighted by atomic mass is 9.98. The fraction of sp³-hybridized carbons (Fsp3) is 0.400. The van der Waals surface area contributed by atoms with Crippen LogP contribution in [0.5, 0.6) is 0 Å². The Labute approximate surface area is 238 Å². The van der Waals surface area contributed by atoms with E-state index in [1.54, 1.807) is 66.1 Å². The van der Waals surface area contributed by atoms with E-state index in [0.717, 1.165) is 5.56 Å². The van der Waals surface area contributed by atoms with Gasteiger partial charge in [0.25, 0.3) is 0 Å². The summed E-state index contributed by atoms with van der Waals surface area (Å²) >= 11 is 0. The lowest BCUT2D eigenvalue weighted by molar-refractivity contribution is -0.117. The van der Waals surface area contributed by atoms with Crippen molar-refractivity contribution in [2.45, 2.75) is 66.1 Å². The summed E-state index contributed by atoms with van der Waals surface area (Å²) in [5.41, 5.74) is 1.65. The first-order chi connectivity index (χ1) is 19.1. The molecule has 0 bridgehead atoms. The largest absolute Gasteiger partial charge is 0.444 e. The third-order valence-corrected chi connectivity index (χ3v) is 6.18. The second kappa shape index (κ2) is 11.0. The predicted octanol–water partition coefficient (Wildman–Crippen LogP) is 6.40. The summed E-state index contributed by atoms with van der Waals surface area (Å²) in [7, 11) is 0. The molecule has 1 fully saturated rings. The Morgan fingerprint density at radius 2 is 1.54 bits per heavy atom. The fourth-order valence-electron chi connectivity index (χ4n) is 4.20. The molecule has 0 spiro atoms. The minimum atomic E-state index is -0.709. The summed E-state index contributed by atoms with van der Waals surface area (Å²) in [5, 5.41) is 18.7. The molecule has 214 valence electrons. The van der Waals surface area contributed by atoms with Crippen LogP contribution >= 0.6 is 0 Å². The number of hydrogen-bond donors (Lipinski definition) is 3. The molecule has 0 radical (unpaired) electrons. The number of fused-ring (bicyclic) bond motifs is 1. The molecule has 2 atom stereocenters. The van der Waals surface area contributed by atoms with E-state index in [4.69, 9.17) is 14.7 Å². The van der Waals surface area contributed by atoms with Gasteiger partial charge in [-0.1, -0.05) is 0 Å². The normalized spacial score (nSPS) is 16.3. The number of amides is 3. The SMILES string of the molecule is Cc1c(NC(=O)OC(C)(C)C)cncc1-c1cc(NC(=O)OC(C)(C)C)c2cnc(NC(=O)[C@@H]3C[C@H]3C#N)cc2c1. The number of carbonyl (C=O) groups excluding carboxylic acids is 3. The zero-order chi connectivity index (χ0) is 30.1. The van der Waals surface area contributed by atoms with Crippen LogP contribution in [0.25, 0.3) is 21.9 Å². The van der Waals surface area contributed by atoms with Crippen molar-refractivity contribution < 1.29 is 23.9 Å². The highest BCUT2D eigenvalue weighted by atomic mass is 16.6. The summed E-state index contributed by atoms with van der Waals surface area (Å²) in [4.78, 5) is 46.4. The third-order valence-electron chi connectivity index (χ3n) is 6.18. The zero-order valence-corrected chi connectivity index (χ0v) is 24.2. The minimum absolute atomic E-state index is 0.257. The molecule has 3 amide bonds. The topological polar surface area (TPSA) is 155 Å². The number of nitrogens with zero attached hydrogens (tertiary/aromatic N) is 3. The van der Waals surface area contributed by atoms with Crippen molar-refractivity contribution in [3.05, 3.63) is 42.4 Å². The van der Waals surface area contributed by atoms with Crippen molar-refractivity contribution in [2.24, 2.45) is 11.8 Å². The molecule has 1 aliphatic carbocycles. The van der Waals surface area contributed by atoms with E-state index in [1.807, 2.05) is 13.0 Å². The van der Waals surface area contributed by atoms with E-state index in [-0.39, 0.29) is 17.7 Å². The second-order valence-corrected chi connectivity index (χ2v) is 12.0.